The predicted octanol–water partition coefficient (Wildman–Crippen LogP) is 3.89. The number of rotatable bonds is 10. The molecular formula is C27H25F2N3O6S. The first-order valence-corrected chi connectivity index (χ1v) is 13.3. The molecule has 0 amide bonds. The average Bonchev–Trinajstić information content (AvgIpc) is 2.92. The molecule has 0 bridgehead atoms. The Bertz CT molecular complexity index is 1630. The summed E-state index contributed by atoms with van der Waals surface area (Å²) in [5, 5.41) is 11.3. The van der Waals surface area contributed by atoms with E-state index >= 15 is 4.39 Å². The summed E-state index contributed by atoms with van der Waals surface area (Å²) in [5.74, 6) is -2.61. The Morgan fingerprint density at radius 3 is 2.44 bits per heavy atom. The number of aromatic nitrogens is 3. The molecule has 0 saturated carbocycles. The molecule has 0 aliphatic rings. The zero-order valence-corrected chi connectivity index (χ0v) is 21.9. The van der Waals surface area contributed by atoms with Crippen molar-refractivity contribution in [2.24, 2.45) is 0 Å². The van der Waals surface area contributed by atoms with Crippen molar-refractivity contribution in [2.45, 2.75) is 29.4 Å². The summed E-state index contributed by atoms with van der Waals surface area (Å²) < 4.78 is 67.4. The van der Waals surface area contributed by atoms with Crippen LogP contribution in [-0.4, -0.2) is 48.4 Å². The molecule has 12 heteroatoms. The zero-order valence-electron chi connectivity index (χ0n) is 21.0. The molecule has 0 saturated heterocycles. The van der Waals surface area contributed by atoms with Gasteiger partial charge in [-0.2, -0.15) is 9.37 Å². The van der Waals surface area contributed by atoms with Crippen molar-refractivity contribution in [3.8, 4) is 17.0 Å². The minimum Gasteiger partial charge on any atom is -0.493 e. The summed E-state index contributed by atoms with van der Waals surface area (Å²) >= 11 is 0. The van der Waals surface area contributed by atoms with Gasteiger partial charge in [0.1, 0.15) is 18.2 Å². The predicted molar refractivity (Wildman–Crippen MR) is 137 cm³/mol. The molecule has 2 aromatic carbocycles. The third kappa shape index (κ3) is 5.72. The van der Waals surface area contributed by atoms with E-state index in [2.05, 4.69) is 9.97 Å². The number of benzene rings is 2. The quantitative estimate of drug-likeness (QED) is 0.292. The van der Waals surface area contributed by atoms with E-state index in [1.165, 1.54) is 23.8 Å². The van der Waals surface area contributed by atoms with Crippen LogP contribution in [-0.2, 0) is 25.9 Å². The summed E-state index contributed by atoms with van der Waals surface area (Å²) in [4.78, 5) is 18.8. The Balaban J connectivity index is 1.89. The number of hydrogen-bond acceptors (Lipinski definition) is 8. The van der Waals surface area contributed by atoms with Gasteiger partial charge in [-0.05, 0) is 36.8 Å². The van der Waals surface area contributed by atoms with Gasteiger partial charge in [-0.25, -0.2) is 17.8 Å². The van der Waals surface area contributed by atoms with Crippen LogP contribution >= 0.6 is 0 Å². The summed E-state index contributed by atoms with van der Waals surface area (Å²) in [6, 6.07) is 13.3. The van der Waals surface area contributed by atoms with Gasteiger partial charge in [-0.3, -0.25) is 9.36 Å². The lowest BCUT2D eigenvalue weighted by Crippen LogP contribution is -2.29. The lowest BCUT2D eigenvalue weighted by molar-refractivity contribution is 0.114. The van der Waals surface area contributed by atoms with Crippen molar-refractivity contribution < 1.29 is 31.8 Å². The molecule has 0 fully saturated rings. The maximum absolute atomic E-state index is 15.0. The third-order valence-corrected chi connectivity index (χ3v) is 7.72. The van der Waals surface area contributed by atoms with Gasteiger partial charge in [0.05, 0.1) is 17.5 Å². The monoisotopic (exact) mass is 557 g/mol. The number of hydrogen-bond donors (Lipinski definition) is 1. The highest BCUT2D eigenvalue weighted by molar-refractivity contribution is 7.91. The van der Waals surface area contributed by atoms with Gasteiger partial charge >= 0.3 is 0 Å². The van der Waals surface area contributed by atoms with Crippen LogP contribution in [0.25, 0.3) is 11.1 Å². The number of pyridine rings is 1. The van der Waals surface area contributed by atoms with Gasteiger partial charge < -0.3 is 14.6 Å². The minimum atomic E-state index is -4.76. The number of nitrogens with zero attached hydrogens (tertiary/aromatic N) is 3. The minimum absolute atomic E-state index is 0.00420. The van der Waals surface area contributed by atoms with E-state index in [1.807, 2.05) is 0 Å². The molecule has 204 valence electrons. The molecule has 1 atom stereocenters. The van der Waals surface area contributed by atoms with Crippen molar-refractivity contribution in [3.05, 3.63) is 100 Å². The first-order valence-electron chi connectivity index (χ1n) is 11.8. The smallest absolute Gasteiger partial charge is 0.296 e. The highest BCUT2D eigenvalue weighted by atomic mass is 32.2. The van der Waals surface area contributed by atoms with E-state index < -0.39 is 48.9 Å². The van der Waals surface area contributed by atoms with Crippen LogP contribution < -0.4 is 5.56 Å². The largest absolute Gasteiger partial charge is 0.493 e. The topological polar surface area (TPSA) is 121 Å². The lowest BCUT2D eigenvalue weighted by Gasteiger charge is -2.25. The van der Waals surface area contributed by atoms with E-state index in [9.17, 15) is 22.7 Å². The van der Waals surface area contributed by atoms with Crippen LogP contribution in [0, 0.1) is 11.8 Å². The van der Waals surface area contributed by atoms with Gasteiger partial charge in [0, 0.05) is 31.0 Å². The van der Waals surface area contributed by atoms with Crippen molar-refractivity contribution in [3.63, 3.8) is 0 Å². The molecule has 0 aliphatic carbocycles. The SMILES string of the molecule is CCOCc1nc(=O)c(S(=O)(=O)c2ccc(-c3ccc(F)nc3)c(F)c2)c(O)n1[C@@H](COC)c1ccccc1. The number of ether oxygens (including phenoxy) is 2. The van der Waals surface area contributed by atoms with Crippen molar-refractivity contribution >= 4 is 9.84 Å². The third-order valence-electron chi connectivity index (χ3n) is 5.95. The molecular weight excluding hydrogens is 532 g/mol. The molecule has 1 N–H and O–H groups in total. The fraction of sp³-hybridized carbons (Fsp3) is 0.222. The van der Waals surface area contributed by atoms with Crippen LogP contribution in [0.4, 0.5) is 8.78 Å². The molecule has 2 aromatic heterocycles. The van der Waals surface area contributed by atoms with E-state index in [0.717, 1.165) is 24.4 Å². The fourth-order valence-corrected chi connectivity index (χ4v) is 5.47. The van der Waals surface area contributed by atoms with Gasteiger partial charge in [0.15, 0.2) is 4.90 Å². The number of aromatic hydroxyl groups is 1. The second kappa shape index (κ2) is 11.8. The van der Waals surface area contributed by atoms with Crippen LogP contribution in [0.1, 0.15) is 24.4 Å². The highest BCUT2D eigenvalue weighted by Gasteiger charge is 2.33. The Hall–Kier alpha value is -4.00. The standard InChI is InChI=1S/C27H25F2N3O6S/c1-3-38-16-24-31-26(33)25(27(34)32(24)22(15-37-2)17-7-5-4-6-8-17)39(35,36)19-10-11-20(21(28)13-19)18-9-12-23(29)30-14-18/h4-14,22,34H,3,15-16H2,1-2H3/t22-/m0/s1. The van der Waals surface area contributed by atoms with E-state index in [4.69, 9.17) is 9.47 Å². The molecule has 0 unspecified atom stereocenters. The zero-order chi connectivity index (χ0) is 28.2. The van der Waals surface area contributed by atoms with Crippen molar-refractivity contribution in [1.29, 1.82) is 0 Å². The summed E-state index contributed by atoms with van der Waals surface area (Å²) in [7, 11) is -3.33. The fourth-order valence-electron chi connectivity index (χ4n) is 4.11. The normalized spacial score (nSPS) is 12.4. The second-order valence-electron chi connectivity index (χ2n) is 8.39. The molecule has 39 heavy (non-hydrogen) atoms. The Labute approximate surface area is 223 Å². The molecule has 0 spiro atoms. The number of halogens is 2. The van der Waals surface area contributed by atoms with Gasteiger partial charge in [-0.15, -0.1) is 0 Å². The van der Waals surface area contributed by atoms with Gasteiger partial charge in [-0.1, -0.05) is 36.4 Å². The summed E-state index contributed by atoms with van der Waals surface area (Å²) in [5.41, 5.74) is -0.396. The first kappa shape index (κ1) is 28.0. The van der Waals surface area contributed by atoms with Crippen molar-refractivity contribution in [1.82, 2.24) is 14.5 Å². The number of sulfone groups is 1. The molecule has 9 nitrogen and oxygen atoms in total. The van der Waals surface area contributed by atoms with Crippen LogP contribution in [0.3, 0.4) is 0 Å². The maximum Gasteiger partial charge on any atom is 0.296 e. The Kier molecular flexibility index (Phi) is 8.48. The van der Waals surface area contributed by atoms with E-state index in [-0.39, 0.29) is 36.8 Å². The molecule has 0 aliphatic heterocycles. The molecule has 4 rings (SSSR count). The van der Waals surface area contributed by atoms with Crippen LogP contribution in [0.2, 0.25) is 0 Å². The average molecular weight is 558 g/mol. The maximum atomic E-state index is 15.0. The summed E-state index contributed by atoms with van der Waals surface area (Å²) in [6.07, 6.45) is 1.10. The number of methoxy groups -OCH3 is 1. The van der Waals surface area contributed by atoms with Crippen molar-refractivity contribution in [2.75, 3.05) is 20.3 Å². The molecule has 4 aromatic rings. The Morgan fingerprint density at radius 2 is 1.82 bits per heavy atom. The highest BCUT2D eigenvalue weighted by Crippen LogP contribution is 2.33. The second-order valence-corrected chi connectivity index (χ2v) is 10.3. The van der Waals surface area contributed by atoms with E-state index in [1.54, 1.807) is 37.3 Å². The summed E-state index contributed by atoms with van der Waals surface area (Å²) in [6.45, 7) is 1.80. The Morgan fingerprint density at radius 1 is 1.08 bits per heavy atom. The van der Waals surface area contributed by atoms with Gasteiger partial charge in [0.25, 0.3) is 5.56 Å². The van der Waals surface area contributed by atoms with Gasteiger partial charge in [0.2, 0.25) is 21.7 Å². The molecule has 0 radical (unpaired) electrons. The van der Waals surface area contributed by atoms with Crippen LogP contribution in [0.15, 0.2) is 81.4 Å². The van der Waals surface area contributed by atoms with Crippen LogP contribution in [0.5, 0.6) is 5.88 Å². The first-order chi connectivity index (χ1) is 18.7. The lowest BCUT2D eigenvalue weighted by atomic mass is 10.1. The van der Waals surface area contributed by atoms with E-state index in [0.29, 0.717) is 5.56 Å². The molecule has 2 heterocycles.